The number of carbonyl (C=O) groups is 5. The molecule has 2 aliphatic heterocycles. The van der Waals surface area contributed by atoms with Crippen molar-refractivity contribution in [1.29, 1.82) is 0 Å². The fraction of sp³-hybridized carbons (Fsp3) is 0.436. The summed E-state index contributed by atoms with van der Waals surface area (Å²) in [5.74, 6) is -4.97. The number of rotatable bonds is 18. The van der Waals surface area contributed by atoms with Gasteiger partial charge in [0, 0.05) is 75.6 Å². The third kappa shape index (κ3) is 10.2. The molecule has 0 radical (unpaired) electrons. The fourth-order valence-corrected chi connectivity index (χ4v) is 6.89. The Morgan fingerprint density at radius 3 is 2.41 bits per heavy atom. The molecule has 2 aromatic carbocycles. The molecule has 0 aliphatic carbocycles. The number of imide groups is 1. The van der Waals surface area contributed by atoms with Crippen LogP contribution >= 0.6 is 0 Å². The first-order chi connectivity index (χ1) is 26.7. The van der Waals surface area contributed by atoms with Crippen molar-refractivity contribution >= 4 is 29.8 Å². The molecule has 5 rings (SSSR count). The van der Waals surface area contributed by atoms with Gasteiger partial charge in [0.2, 0.25) is 5.91 Å². The monoisotopic (exact) mass is 782 g/mol. The van der Waals surface area contributed by atoms with Crippen LogP contribution in [0.3, 0.4) is 0 Å². The second-order valence-electron chi connectivity index (χ2n) is 14.4. The Morgan fingerprint density at radius 2 is 1.77 bits per heavy atom. The van der Waals surface area contributed by atoms with Crippen molar-refractivity contribution in [2.45, 2.75) is 45.4 Å². The quantitative estimate of drug-likeness (QED) is 0.162. The molecule has 2 aliphatic rings. The van der Waals surface area contributed by atoms with Crippen molar-refractivity contribution in [3.63, 3.8) is 0 Å². The third-order valence-corrected chi connectivity index (χ3v) is 9.97. The van der Waals surface area contributed by atoms with Gasteiger partial charge in [0.05, 0.1) is 24.8 Å². The van der Waals surface area contributed by atoms with Crippen LogP contribution in [0.25, 0.3) is 11.3 Å². The number of imidazole rings is 1. The molecule has 3 N–H and O–H groups in total. The molecule has 56 heavy (non-hydrogen) atoms. The van der Waals surface area contributed by atoms with E-state index in [0.717, 1.165) is 45.7 Å². The molecule has 1 saturated heterocycles. The molecule has 14 nitrogen and oxygen atoms in total. The average Bonchev–Trinajstić information content (AvgIpc) is 3.86. The Morgan fingerprint density at radius 1 is 1.05 bits per heavy atom. The fourth-order valence-electron chi connectivity index (χ4n) is 6.89. The molecule has 3 aromatic rings. The maximum Gasteiger partial charge on any atom is 0.409 e. The number of aliphatic carboxylic acids is 1. The van der Waals surface area contributed by atoms with E-state index < -0.39 is 78.0 Å². The zero-order chi connectivity index (χ0) is 40.6. The van der Waals surface area contributed by atoms with Gasteiger partial charge in [-0.25, -0.2) is 22.9 Å². The Hall–Kier alpha value is -5.55. The van der Waals surface area contributed by atoms with Crippen molar-refractivity contribution in [3.8, 4) is 11.3 Å². The molecule has 17 heteroatoms. The molecule has 0 spiro atoms. The van der Waals surface area contributed by atoms with E-state index in [0.29, 0.717) is 0 Å². The Kier molecular flexibility index (Phi) is 13.7. The van der Waals surface area contributed by atoms with Gasteiger partial charge in [0.15, 0.2) is 0 Å². The van der Waals surface area contributed by atoms with Crippen LogP contribution < -0.4 is 5.32 Å². The van der Waals surface area contributed by atoms with Crippen molar-refractivity contribution in [2.24, 2.45) is 11.3 Å². The summed E-state index contributed by atoms with van der Waals surface area (Å²) < 4.78 is 52.1. The number of benzene rings is 2. The molecule has 3 heterocycles. The lowest BCUT2D eigenvalue weighted by atomic mass is 9.79. The molecule has 300 valence electrons. The van der Waals surface area contributed by atoms with Crippen LogP contribution in [0.5, 0.6) is 0 Å². The number of aliphatic hydroxyl groups excluding tert-OH is 1. The summed E-state index contributed by atoms with van der Waals surface area (Å²) in [7, 11) is 0. The van der Waals surface area contributed by atoms with E-state index in [1.807, 2.05) is 30.3 Å². The van der Waals surface area contributed by atoms with E-state index >= 15 is 8.78 Å². The van der Waals surface area contributed by atoms with Crippen LogP contribution in [0.1, 0.15) is 44.1 Å². The maximum atomic E-state index is 15.2. The van der Waals surface area contributed by atoms with Crippen molar-refractivity contribution in [3.05, 3.63) is 89.9 Å². The first-order valence-electron chi connectivity index (χ1n) is 18.2. The molecular weight excluding hydrogens is 737 g/mol. The predicted octanol–water partition coefficient (Wildman–Crippen LogP) is 3.55. The number of alkyl halides is 1. The highest BCUT2D eigenvalue weighted by Gasteiger charge is 2.43. The predicted molar refractivity (Wildman–Crippen MR) is 195 cm³/mol. The lowest BCUT2D eigenvalue weighted by Crippen LogP contribution is -2.48. The SMILES string of the molecule is CC(C)(CCOC(=O)N(CCC(=O)O)CCN1C(=O)C=CC1=O)C(c1nc(-c2cc(F)ccc2F)cn1Cc1ccccc1)N(CC1CNCC1F)C(=O)CO. The van der Waals surface area contributed by atoms with E-state index in [4.69, 9.17) is 9.72 Å². The highest BCUT2D eigenvalue weighted by molar-refractivity contribution is 6.12. The summed E-state index contributed by atoms with van der Waals surface area (Å²) in [4.78, 5) is 70.7. The van der Waals surface area contributed by atoms with Gasteiger partial charge in [-0.15, -0.1) is 0 Å². The Bertz CT molecular complexity index is 1920. The van der Waals surface area contributed by atoms with Gasteiger partial charge < -0.3 is 34.6 Å². The van der Waals surface area contributed by atoms with Crippen LogP contribution in [-0.2, 0) is 30.5 Å². The van der Waals surface area contributed by atoms with Crippen LogP contribution in [0.15, 0.2) is 66.9 Å². The van der Waals surface area contributed by atoms with Crippen LogP contribution in [0.2, 0.25) is 0 Å². The average molecular weight is 783 g/mol. The zero-order valence-corrected chi connectivity index (χ0v) is 31.1. The van der Waals surface area contributed by atoms with E-state index in [1.165, 1.54) is 11.1 Å². The summed E-state index contributed by atoms with van der Waals surface area (Å²) in [6, 6.07) is 11.1. The van der Waals surface area contributed by atoms with Crippen LogP contribution in [0.4, 0.5) is 18.0 Å². The lowest BCUT2D eigenvalue weighted by Gasteiger charge is -2.43. The summed E-state index contributed by atoms with van der Waals surface area (Å²) >= 11 is 0. The maximum absolute atomic E-state index is 15.2. The minimum atomic E-state index is -1.31. The van der Waals surface area contributed by atoms with E-state index in [-0.39, 0.29) is 75.9 Å². The second-order valence-corrected chi connectivity index (χ2v) is 14.4. The van der Waals surface area contributed by atoms with E-state index in [2.05, 4.69) is 5.32 Å². The van der Waals surface area contributed by atoms with Crippen molar-refractivity contribution in [1.82, 2.24) is 29.6 Å². The standard InChI is InChI=1S/C39H45F3N6O8/c1-39(2,13-17-56-38(55)45(14-12-35(53)54)15-16-47-32(50)10-11-33(47)51)36(48(34(52)24-49)22-26-19-43-20-30(26)42)37-44-31(28-18-27(40)8-9-29(28)41)23-46(37)21-25-6-4-3-5-7-25/h3-11,18,23,26,30,36,43,49H,12-17,19-22,24H2,1-2H3,(H,53,54). The molecule has 0 saturated carbocycles. The smallest absolute Gasteiger partial charge is 0.409 e. The number of carbonyl (C=O) groups excluding carboxylic acids is 4. The number of hydrogen-bond donors (Lipinski definition) is 3. The van der Waals surface area contributed by atoms with Gasteiger partial charge in [-0.05, 0) is 35.6 Å². The number of carboxylic acid groups (broad SMARTS) is 1. The van der Waals surface area contributed by atoms with Gasteiger partial charge >= 0.3 is 12.1 Å². The number of ether oxygens (including phenoxy) is 1. The van der Waals surface area contributed by atoms with Gasteiger partial charge in [0.1, 0.15) is 30.2 Å². The number of carboxylic acids is 1. The van der Waals surface area contributed by atoms with Gasteiger partial charge in [0.25, 0.3) is 11.8 Å². The highest BCUT2D eigenvalue weighted by atomic mass is 19.1. The van der Waals surface area contributed by atoms with Crippen LogP contribution in [-0.4, -0.2) is 123 Å². The molecule has 4 amide bonds. The zero-order valence-electron chi connectivity index (χ0n) is 31.1. The first kappa shape index (κ1) is 41.6. The molecular formula is C39H45F3N6O8. The summed E-state index contributed by atoms with van der Waals surface area (Å²) in [5, 5.41) is 22.5. The minimum absolute atomic E-state index is 0.0300. The minimum Gasteiger partial charge on any atom is -0.481 e. The largest absolute Gasteiger partial charge is 0.481 e. The number of nitrogens with one attached hydrogen (secondary N) is 1. The van der Waals surface area contributed by atoms with Crippen LogP contribution in [0, 0.1) is 23.0 Å². The summed E-state index contributed by atoms with van der Waals surface area (Å²) in [6.07, 6.45) is 1.07. The number of aromatic nitrogens is 2. The number of hydrogen-bond acceptors (Lipinski definition) is 9. The number of amides is 4. The van der Waals surface area contributed by atoms with E-state index in [9.17, 15) is 38.6 Å². The molecule has 1 fully saturated rings. The van der Waals surface area contributed by atoms with E-state index in [1.54, 1.807) is 18.4 Å². The number of halogens is 3. The second kappa shape index (κ2) is 18.4. The van der Waals surface area contributed by atoms with Crippen molar-refractivity contribution in [2.75, 3.05) is 52.5 Å². The van der Waals surface area contributed by atoms with Gasteiger partial charge in [-0.3, -0.25) is 24.1 Å². The van der Waals surface area contributed by atoms with Gasteiger partial charge in [-0.1, -0.05) is 44.2 Å². The Labute approximate surface area is 321 Å². The summed E-state index contributed by atoms with van der Waals surface area (Å²) in [6.45, 7) is 1.97. The molecule has 3 unspecified atom stereocenters. The highest BCUT2D eigenvalue weighted by Crippen LogP contribution is 2.43. The molecule has 0 bridgehead atoms. The normalized spacial score (nSPS) is 17.4. The lowest BCUT2D eigenvalue weighted by molar-refractivity contribution is -0.141. The van der Waals surface area contributed by atoms with Gasteiger partial charge in [-0.2, -0.15) is 0 Å². The third-order valence-electron chi connectivity index (χ3n) is 9.97. The number of aliphatic hydroxyl groups is 1. The van der Waals surface area contributed by atoms with Crippen molar-refractivity contribution < 1.29 is 52.1 Å². The molecule has 1 aromatic heterocycles. The first-order valence-corrected chi connectivity index (χ1v) is 18.2. The topological polar surface area (TPSA) is 175 Å². The summed E-state index contributed by atoms with van der Waals surface area (Å²) in [5.41, 5.74) is -0.364. The number of nitrogens with zero attached hydrogens (tertiary/aromatic N) is 5. The Balaban J connectivity index is 1.50. The molecule has 3 atom stereocenters.